The molecule has 0 bridgehead atoms. The molecule has 0 aromatic heterocycles. The van der Waals surface area contributed by atoms with Crippen LogP contribution in [0.1, 0.15) is 12.5 Å². The van der Waals surface area contributed by atoms with Gasteiger partial charge in [0.25, 0.3) is 0 Å². The maximum absolute atomic E-state index is 12.1. The van der Waals surface area contributed by atoms with Gasteiger partial charge in [-0.15, -0.1) is 0 Å². The first-order valence-electron chi connectivity index (χ1n) is 8.23. The minimum absolute atomic E-state index is 0.273. The number of benzene rings is 3. The average Bonchev–Trinajstić information content (AvgIpc) is 2.64. The van der Waals surface area contributed by atoms with Crippen molar-refractivity contribution < 1.29 is 9.53 Å². The van der Waals surface area contributed by atoms with E-state index in [0.29, 0.717) is 11.4 Å². The zero-order valence-electron chi connectivity index (χ0n) is 14.0. The summed E-state index contributed by atoms with van der Waals surface area (Å²) in [6.07, 6.45) is 0.931. The summed E-state index contributed by atoms with van der Waals surface area (Å²) in [6, 6.07) is 24.4. The van der Waals surface area contributed by atoms with Gasteiger partial charge in [0.15, 0.2) is 0 Å². The van der Waals surface area contributed by atoms with E-state index < -0.39 is 0 Å². The lowest BCUT2D eigenvalue weighted by molar-refractivity contribution is 0.262. The molecule has 0 aliphatic carbocycles. The predicted molar refractivity (Wildman–Crippen MR) is 101 cm³/mol. The standard InChI is InChI=1S/C21H20N2O2/c1-2-16-7-6-8-18(15-16)23-21(24)22-17-11-13-20(14-12-17)25-19-9-4-3-5-10-19/h3-15H,2H2,1H3,(H2,22,23,24). The zero-order valence-corrected chi connectivity index (χ0v) is 14.0. The molecule has 0 radical (unpaired) electrons. The van der Waals surface area contributed by atoms with Crippen LogP contribution in [-0.2, 0) is 6.42 Å². The van der Waals surface area contributed by atoms with E-state index in [2.05, 4.69) is 17.6 Å². The molecule has 3 aromatic rings. The molecule has 3 aromatic carbocycles. The smallest absolute Gasteiger partial charge is 0.323 e. The Hall–Kier alpha value is -3.27. The van der Waals surface area contributed by atoms with Gasteiger partial charge in [0.1, 0.15) is 11.5 Å². The molecule has 3 rings (SSSR count). The summed E-state index contributed by atoms with van der Waals surface area (Å²) in [6.45, 7) is 2.08. The fourth-order valence-corrected chi connectivity index (χ4v) is 2.39. The van der Waals surface area contributed by atoms with Crippen molar-refractivity contribution in [2.24, 2.45) is 0 Å². The van der Waals surface area contributed by atoms with Crippen LogP contribution >= 0.6 is 0 Å². The van der Waals surface area contributed by atoms with Crippen LogP contribution in [0.5, 0.6) is 11.5 Å². The van der Waals surface area contributed by atoms with Gasteiger partial charge in [-0.2, -0.15) is 0 Å². The lowest BCUT2D eigenvalue weighted by atomic mass is 10.1. The zero-order chi connectivity index (χ0) is 17.5. The highest BCUT2D eigenvalue weighted by Gasteiger charge is 2.04. The molecule has 2 N–H and O–H groups in total. The molecule has 0 saturated carbocycles. The van der Waals surface area contributed by atoms with E-state index in [1.807, 2.05) is 66.7 Å². The number of hydrogen-bond donors (Lipinski definition) is 2. The van der Waals surface area contributed by atoms with Gasteiger partial charge >= 0.3 is 6.03 Å². The van der Waals surface area contributed by atoms with Crippen LogP contribution in [0, 0.1) is 0 Å². The molecular formula is C21H20N2O2. The van der Waals surface area contributed by atoms with Crippen LogP contribution in [-0.4, -0.2) is 6.03 Å². The number of aryl methyl sites for hydroxylation is 1. The van der Waals surface area contributed by atoms with E-state index >= 15 is 0 Å². The third-order valence-corrected chi connectivity index (χ3v) is 3.68. The Morgan fingerprint density at radius 1 is 0.800 bits per heavy atom. The molecule has 0 unspecified atom stereocenters. The average molecular weight is 332 g/mol. The molecule has 0 aliphatic rings. The Labute approximate surface area is 147 Å². The van der Waals surface area contributed by atoms with Gasteiger partial charge in [-0.25, -0.2) is 4.79 Å². The fourth-order valence-electron chi connectivity index (χ4n) is 2.39. The summed E-state index contributed by atoms with van der Waals surface area (Å²) in [7, 11) is 0. The molecule has 126 valence electrons. The molecule has 0 heterocycles. The van der Waals surface area contributed by atoms with Gasteiger partial charge in [0.05, 0.1) is 0 Å². The van der Waals surface area contributed by atoms with Crippen LogP contribution in [0.25, 0.3) is 0 Å². The number of carbonyl (C=O) groups is 1. The number of nitrogens with one attached hydrogen (secondary N) is 2. The van der Waals surface area contributed by atoms with Crippen LogP contribution in [0.2, 0.25) is 0 Å². The topological polar surface area (TPSA) is 50.4 Å². The number of hydrogen-bond acceptors (Lipinski definition) is 2. The van der Waals surface area contributed by atoms with Gasteiger partial charge in [-0.1, -0.05) is 37.3 Å². The first-order valence-corrected chi connectivity index (χ1v) is 8.23. The van der Waals surface area contributed by atoms with Crippen molar-refractivity contribution in [3.63, 3.8) is 0 Å². The minimum atomic E-state index is -0.273. The lowest BCUT2D eigenvalue weighted by Crippen LogP contribution is -2.19. The van der Waals surface area contributed by atoms with Gasteiger partial charge in [0.2, 0.25) is 0 Å². The SMILES string of the molecule is CCc1cccc(NC(=O)Nc2ccc(Oc3ccccc3)cc2)c1. The number of ether oxygens (including phenoxy) is 1. The second-order valence-corrected chi connectivity index (χ2v) is 5.57. The first-order chi connectivity index (χ1) is 12.2. The molecule has 0 atom stereocenters. The number of rotatable bonds is 5. The minimum Gasteiger partial charge on any atom is -0.457 e. The summed E-state index contributed by atoms with van der Waals surface area (Å²) in [5, 5.41) is 5.65. The fraction of sp³-hybridized carbons (Fsp3) is 0.0952. The highest BCUT2D eigenvalue weighted by Crippen LogP contribution is 2.22. The second-order valence-electron chi connectivity index (χ2n) is 5.57. The highest BCUT2D eigenvalue weighted by molar-refractivity contribution is 5.99. The lowest BCUT2D eigenvalue weighted by Gasteiger charge is -2.10. The second kappa shape index (κ2) is 8.02. The van der Waals surface area contributed by atoms with Gasteiger partial charge in [0, 0.05) is 11.4 Å². The van der Waals surface area contributed by atoms with Crippen molar-refractivity contribution in [2.45, 2.75) is 13.3 Å². The molecule has 2 amide bonds. The Balaban J connectivity index is 1.58. The van der Waals surface area contributed by atoms with E-state index in [4.69, 9.17) is 4.74 Å². The van der Waals surface area contributed by atoms with Crippen molar-refractivity contribution >= 4 is 17.4 Å². The number of anilines is 2. The van der Waals surface area contributed by atoms with Gasteiger partial charge < -0.3 is 15.4 Å². The number of para-hydroxylation sites is 1. The number of amides is 2. The van der Waals surface area contributed by atoms with Crippen LogP contribution in [0.4, 0.5) is 16.2 Å². The number of urea groups is 1. The highest BCUT2D eigenvalue weighted by atomic mass is 16.5. The Morgan fingerprint density at radius 2 is 1.48 bits per heavy atom. The molecule has 4 nitrogen and oxygen atoms in total. The summed E-state index contributed by atoms with van der Waals surface area (Å²) in [5.41, 5.74) is 2.66. The van der Waals surface area contributed by atoms with Crippen molar-refractivity contribution in [1.29, 1.82) is 0 Å². The summed E-state index contributed by atoms with van der Waals surface area (Å²) >= 11 is 0. The Morgan fingerprint density at radius 3 is 2.20 bits per heavy atom. The van der Waals surface area contributed by atoms with Gasteiger partial charge in [-0.05, 0) is 60.5 Å². The molecule has 0 aliphatic heterocycles. The molecule has 25 heavy (non-hydrogen) atoms. The molecular weight excluding hydrogens is 312 g/mol. The van der Waals surface area contributed by atoms with Crippen LogP contribution in [0.3, 0.4) is 0 Å². The molecule has 4 heteroatoms. The van der Waals surface area contributed by atoms with Crippen molar-refractivity contribution in [2.75, 3.05) is 10.6 Å². The van der Waals surface area contributed by atoms with E-state index in [0.717, 1.165) is 17.9 Å². The van der Waals surface area contributed by atoms with Crippen molar-refractivity contribution in [3.8, 4) is 11.5 Å². The van der Waals surface area contributed by atoms with E-state index in [-0.39, 0.29) is 6.03 Å². The predicted octanol–water partition coefficient (Wildman–Crippen LogP) is 5.69. The summed E-state index contributed by atoms with van der Waals surface area (Å²) < 4.78 is 5.73. The van der Waals surface area contributed by atoms with Crippen LogP contribution < -0.4 is 15.4 Å². The van der Waals surface area contributed by atoms with Gasteiger partial charge in [-0.3, -0.25) is 0 Å². The molecule has 0 fully saturated rings. The molecule has 0 saturated heterocycles. The number of carbonyl (C=O) groups excluding carboxylic acids is 1. The Bertz CT molecular complexity index is 830. The van der Waals surface area contributed by atoms with E-state index in [9.17, 15) is 4.79 Å². The quantitative estimate of drug-likeness (QED) is 0.631. The van der Waals surface area contributed by atoms with E-state index in [1.165, 1.54) is 5.56 Å². The maximum Gasteiger partial charge on any atom is 0.323 e. The largest absolute Gasteiger partial charge is 0.457 e. The Kier molecular flexibility index (Phi) is 5.32. The molecule has 0 spiro atoms. The summed E-state index contributed by atoms with van der Waals surface area (Å²) in [4.78, 5) is 12.1. The third kappa shape index (κ3) is 4.85. The van der Waals surface area contributed by atoms with Crippen LogP contribution in [0.15, 0.2) is 78.9 Å². The normalized spacial score (nSPS) is 10.1. The third-order valence-electron chi connectivity index (χ3n) is 3.68. The van der Waals surface area contributed by atoms with Crippen molar-refractivity contribution in [1.82, 2.24) is 0 Å². The monoisotopic (exact) mass is 332 g/mol. The first kappa shape index (κ1) is 16.6. The van der Waals surface area contributed by atoms with E-state index in [1.54, 1.807) is 12.1 Å². The maximum atomic E-state index is 12.1. The van der Waals surface area contributed by atoms with Crippen molar-refractivity contribution in [3.05, 3.63) is 84.4 Å². The summed E-state index contributed by atoms with van der Waals surface area (Å²) in [5.74, 6) is 1.49.